The van der Waals surface area contributed by atoms with E-state index in [2.05, 4.69) is 5.32 Å². The van der Waals surface area contributed by atoms with E-state index in [1.807, 2.05) is 0 Å². The number of rotatable bonds is 1. The minimum absolute atomic E-state index is 0.233. The Kier molecular flexibility index (Phi) is 3.14. The zero-order chi connectivity index (χ0) is 11.7. The summed E-state index contributed by atoms with van der Waals surface area (Å²) in [5, 5.41) is 2.86. The summed E-state index contributed by atoms with van der Waals surface area (Å²) in [6.07, 6.45) is 2.17. The summed E-state index contributed by atoms with van der Waals surface area (Å²) in [6.45, 7) is 0.599. The fourth-order valence-corrected chi connectivity index (χ4v) is 2.00. The van der Waals surface area contributed by atoms with Gasteiger partial charge in [-0.15, -0.1) is 0 Å². The maximum absolute atomic E-state index is 13.4. The van der Waals surface area contributed by atoms with Gasteiger partial charge >= 0.3 is 0 Å². The van der Waals surface area contributed by atoms with Gasteiger partial charge in [0.15, 0.2) is 23.3 Å². The van der Waals surface area contributed by atoms with E-state index < -0.39 is 34.9 Å². The molecule has 0 bridgehead atoms. The van der Waals surface area contributed by atoms with Crippen LogP contribution in [-0.4, -0.2) is 6.54 Å². The molecule has 0 aliphatic carbocycles. The Hall–Kier alpha value is -1.10. The number of nitrogens with one attached hydrogen (secondary N) is 1. The highest BCUT2D eigenvalue weighted by Crippen LogP contribution is 2.29. The molecule has 1 N–H and O–H groups in total. The van der Waals surface area contributed by atoms with Gasteiger partial charge in [-0.25, -0.2) is 17.6 Å². The fourth-order valence-electron chi connectivity index (χ4n) is 2.00. The molecule has 0 amide bonds. The second-order valence-electron chi connectivity index (χ2n) is 3.88. The van der Waals surface area contributed by atoms with Gasteiger partial charge in [0.05, 0.1) is 0 Å². The second-order valence-corrected chi connectivity index (χ2v) is 3.88. The van der Waals surface area contributed by atoms with E-state index in [4.69, 9.17) is 0 Å². The molecule has 0 radical (unpaired) electrons. The van der Waals surface area contributed by atoms with Crippen LogP contribution in [0.3, 0.4) is 0 Å². The van der Waals surface area contributed by atoms with Crippen LogP contribution in [0.5, 0.6) is 0 Å². The van der Waals surface area contributed by atoms with Crippen molar-refractivity contribution in [2.75, 3.05) is 6.54 Å². The van der Waals surface area contributed by atoms with Gasteiger partial charge in [0, 0.05) is 17.7 Å². The predicted octanol–water partition coefficient (Wildman–Crippen LogP) is 3.06. The van der Waals surface area contributed by atoms with Crippen molar-refractivity contribution in [3.05, 3.63) is 34.9 Å². The maximum atomic E-state index is 13.4. The molecule has 16 heavy (non-hydrogen) atoms. The summed E-state index contributed by atoms with van der Waals surface area (Å²) >= 11 is 0. The third-order valence-corrected chi connectivity index (χ3v) is 2.80. The van der Waals surface area contributed by atoms with Crippen LogP contribution in [0.25, 0.3) is 0 Å². The number of hydrogen-bond donors (Lipinski definition) is 1. The average molecular weight is 233 g/mol. The summed E-state index contributed by atoms with van der Waals surface area (Å²) < 4.78 is 52.7. The van der Waals surface area contributed by atoms with Crippen LogP contribution in [0, 0.1) is 23.3 Å². The fraction of sp³-hybridized carbons (Fsp3) is 0.455. The van der Waals surface area contributed by atoms with Crippen LogP contribution in [0.1, 0.15) is 30.9 Å². The minimum atomic E-state index is -1.35. The van der Waals surface area contributed by atoms with Crippen LogP contribution in [0.15, 0.2) is 6.07 Å². The number of piperidine rings is 1. The van der Waals surface area contributed by atoms with Crippen LogP contribution in [0.4, 0.5) is 17.6 Å². The topological polar surface area (TPSA) is 12.0 Å². The van der Waals surface area contributed by atoms with Gasteiger partial charge in [-0.3, -0.25) is 0 Å². The molecule has 1 nitrogen and oxygen atoms in total. The summed E-state index contributed by atoms with van der Waals surface area (Å²) in [4.78, 5) is 0. The molecule has 1 aliphatic heterocycles. The lowest BCUT2D eigenvalue weighted by atomic mass is 9.96. The van der Waals surface area contributed by atoms with E-state index in [1.54, 1.807) is 0 Å². The van der Waals surface area contributed by atoms with E-state index in [1.165, 1.54) is 0 Å². The monoisotopic (exact) mass is 233 g/mol. The minimum Gasteiger partial charge on any atom is -0.310 e. The van der Waals surface area contributed by atoms with Crippen molar-refractivity contribution in [1.82, 2.24) is 5.32 Å². The molecule has 1 aromatic carbocycles. The first-order valence-electron chi connectivity index (χ1n) is 5.17. The average Bonchev–Trinajstić information content (AvgIpc) is 2.28. The Balaban J connectivity index is 2.45. The van der Waals surface area contributed by atoms with Crippen LogP contribution in [-0.2, 0) is 0 Å². The smallest absolute Gasteiger partial charge is 0.166 e. The first-order valence-corrected chi connectivity index (χ1v) is 5.17. The molecule has 1 fully saturated rings. The quantitative estimate of drug-likeness (QED) is 0.580. The van der Waals surface area contributed by atoms with Crippen molar-refractivity contribution >= 4 is 0 Å². The highest BCUT2D eigenvalue weighted by Gasteiger charge is 2.26. The van der Waals surface area contributed by atoms with E-state index >= 15 is 0 Å². The highest BCUT2D eigenvalue weighted by molar-refractivity contribution is 5.26. The number of halogens is 4. The van der Waals surface area contributed by atoms with Crippen molar-refractivity contribution < 1.29 is 17.6 Å². The third kappa shape index (κ3) is 1.91. The molecule has 0 saturated carbocycles. The molecular formula is C11H11F4N. The van der Waals surface area contributed by atoms with Crippen molar-refractivity contribution in [3.8, 4) is 0 Å². The summed E-state index contributed by atoms with van der Waals surface area (Å²) in [7, 11) is 0. The molecular weight excluding hydrogens is 222 g/mol. The van der Waals surface area contributed by atoms with Gasteiger partial charge in [-0.1, -0.05) is 6.42 Å². The normalized spacial score (nSPS) is 21.1. The van der Waals surface area contributed by atoms with Gasteiger partial charge in [0.25, 0.3) is 0 Å². The molecule has 0 spiro atoms. The van der Waals surface area contributed by atoms with Crippen LogP contribution >= 0.6 is 0 Å². The lowest BCUT2D eigenvalue weighted by Gasteiger charge is -2.24. The van der Waals surface area contributed by atoms with Gasteiger partial charge < -0.3 is 5.32 Å². The largest absolute Gasteiger partial charge is 0.310 e. The molecule has 2 rings (SSSR count). The predicted molar refractivity (Wildman–Crippen MR) is 50.9 cm³/mol. The van der Waals surface area contributed by atoms with Gasteiger partial charge in [-0.05, 0) is 19.4 Å². The molecule has 1 heterocycles. The van der Waals surface area contributed by atoms with Gasteiger partial charge in [0.2, 0.25) is 0 Å². The van der Waals surface area contributed by atoms with Crippen LogP contribution < -0.4 is 5.32 Å². The Morgan fingerprint density at radius 2 is 1.62 bits per heavy atom. The molecule has 0 aromatic heterocycles. The zero-order valence-electron chi connectivity index (χ0n) is 8.49. The molecule has 1 aliphatic rings. The Bertz CT molecular complexity index is 373. The Morgan fingerprint density at radius 1 is 1.00 bits per heavy atom. The van der Waals surface area contributed by atoms with Crippen molar-refractivity contribution in [2.24, 2.45) is 0 Å². The van der Waals surface area contributed by atoms with Crippen molar-refractivity contribution in [1.29, 1.82) is 0 Å². The van der Waals surface area contributed by atoms with Gasteiger partial charge in [-0.2, -0.15) is 0 Å². The Labute approximate surface area is 90.5 Å². The van der Waals surface area contributed by atoms with E-state index in [9.17, 15) is 17.6 Å². The van der Waals surface area contributed by atoms with E-state index in [0.717, 1.165) is 12.8 Å². The van der Waals surface area contributed by atoms with Crippen molar-refractivity contribution in [3.63, 3.8) is 0 Å². The maximum Gasteiger partial charge on any atom is 0.166 e. The molecule has 0 unspecified atom stereocenters. The van der Waals surface area contributed by atoms with Crippen LogP contribution in [0.2, 0.25) is 0 Å². The van der Waals surface area contributed by atoms with E-state index in [-0.39, 0.29) is 6.07 Å². The molecule has 1 aromatic rings. The summed E-state index contributed by atoms with van der Waals surface area (Å²) in [6, 6.07) is -0.407. The Morgan fingerprint density at radius 3 is 2.12 bits per heavy atom. The summed E-state index contributed by atoms with van der Waals surface area (Å²) in [5.41, 5.74) is -0.516. The SMILES string of the molecule is Fc1cc(F)c(F)c([C@H]2CCCCN2)c1F. The first-order chi connectivity index (χ1) is 7.61. The van der Waals surface area contributed by atoms with E-state index in [0.29, 0.717) is 13.0 Å². The zero-order valence-corrected chi connectivity index (χ0v) is 8.49. The number of benzene rings is 1. The lowest BCUT2D eigenvalue weighted by molar-refractivity contribution is 0.363. The number of hydrogen-bond acceptors (Lipinski definition) is 1. The van der Waals surface area contributed by atoms with Gasteiger partial charge in [0.1, 0.15) is 0 Å². The molecule has 1 saturated heterocycles. The lowest BCUT2D eigenvalue weighted by Crippen LogP contribution is -2.29. The highest BCUT2D eigenvalue weighted by atomic mass is 19.2. The second kappa shape index (κ2) is 4.41. The standard InChI is InChI=1S/C11H11F4N/c12-6-5-7(13)11(15)9(10(6)14)8-3-1-2-4-16-8/h5,8,16H,1-4H2/t8-/m1/s1. The molecule has 5 heteroatoms. The van der Waals surface area contributed by atoms with Crippen molar-refractivity contribution in [2.45, 2.75) is 25.3 Å². The third-order valence-electron chi connectivity index (χ3n) is 2.80. The first kappa shape index (κ1) is 11.4. The molecule has 1 atom stereocenters. The molecule has 88 valence electrons. The summed E-state index contributed by atoms with van der Waals surface area (Å²) in [5.74, 6) is -5.28.